The van der Waals surface area contributed by atoms with Crippen LogP contribution in [0, 0.1) is 0 Å². The average molecular weight is 436 g/mol. The summed E-state index contributed by atoms with van der Waals surface area (Å²) in [4.78, 5) is 0. The molecular formula is C21H24O10. The van der Waals surface area contributed by atoms with E-state index in [9.17, 15) is 35.7 Å². The first kappa shape index (κ1) is 21.6. The zero-order valence-electron chi connectivity index (χ0n) is 16.3. The quantitative estimate of drug-likeness (QED) is 0.313. The normalized spacial score (nSPS) is 32.4. The predicted octanol–water partition coefficient (Wildman–Crippen LogP) is -0.857. The highest BCUT2D eigenvalue weighted by Gasteiger charge is 2.46. The van der Waals surface area contributed by atoms with Gasteiger partial charge in [0.2, 0.25) is 12.1 Å². The van der Waals surface area contributed by atoms with E-state index in [1.165, 1.54) is 24.3 Å². The number of benzene rings is 2. The monoisotopic (exact) mass is 436 g/mol. The third-order valence-corrected chi connectivity index (χ3v) is 5.45. The van der Waals surface area contributed by atoms with Gasteiger partial charge in [-0.2, -0.15) is 0 Å². The van der Waals surface area contributed by atoms with Gasteiger partial charge in [0.05, 0.1) is 6.61 Å². The molecule has 0 bridgehead atoms. The van der Waals surface area contributed by atoms with E-state index in [1.807, 2.05) is 0 Å². The smallest absolute Gasteiger partial charge is 0.229 e. The van der Waals surface area contributed by atoms with Gasteiger partial charge in [-0.1, -0.05) is 12.1 Å². The summed E-state index contributed by atoms with van der Waals surface area (Å²) in [5.74, 6) is -1.75. The van der Waals surface area contributed by atoms with E-state index in [0.29, 0.717) is 11.1 Å². The summed E-state index contributed by atoms with van der Waals surface area (Å²) in [5.41, 5.74) is 1.02. The Morgan fingerprint density at radius 2 is 1.68 bits per heavy atom. The highest BCUT2D eigenvalue weighted by atomic mass is 16.7. The molecule has 1 fully saturated rings. The van der Waals surface area contributed by atoms with Crippen molar-refractivity contribution in [1.82, 2.24) is 0 Å². The van der Waals surface area contributed by atoms with E-state index in [2.05, 4.69) is 0 Å². The molecule has 0 aliphatic carbocycles. The largest absolute Gasteiger partial charge is 0.508 e. The standard InChI is InChI=1S/C21H24O10/c22-9-15-16(25)17(26)18(27)20(29-15)30-19-12-8-21(28,31-14(12)6-5-13(19)24)7-10-1-3-11(23)4-2-10/h1-6,15-18,20,22-28H,7-9H2/t15-,16-,17+,18-,20-,21?/m1/s1. The number of rotatable bonds is 5. The van der Waals surface area contributed by atoms with Crippen LogP contribution in [0.1, 0.15) is 11.1 Å². The topological polar surface area (TPSA) is 169 Å². The SMILES string of the molecule is OC[C@H]1O[C@H](Oc2c(O)ccc3c2CC(O)(Cc2ccc(O)cc2)O3)[C@H](O)[C@@H](O)[C@@H]1O. The van der Waals surface area contributed by atoms with Gasteiger partial charge >= 0.3 is 0 Å². The number of ether oxygens (including phenoxy) is 3. The molecule has 168 valence electrons. The molecule has 0 saturated carbocycles. The molecule has 1 saturated heterocycles. The molecule has 0 radical (unpaired) electrons. The van der Waals surface area contributed by atoms with Gasteiger partial charge in [-0.05, 0) is 29.8 Å². The third kappa shape index (κ3) is 4.13. The van der Waals surface area contributed by atoms with E-state index in [1.54, 1.807) is 12.1 Å². The first-order chi connectivity index (χ1) is 14.7. The molecule has 7 N–H and O–H groups in total. The van der Waals surface area contributed by atoms with Crippen molar-refractivity contribution in [2.24, 2.45) is 0 Å². The van der Waals surface area contributed by atoms with Gasteiger partial charge in [0.1, 0.15) is 35.9 Å². The van der Waals surface area contributed by atoms with Crippen LogP contribution >= 0.6 is 0 Å². The van der Waals surface area contributed by atoms with Gasteiger partial charge in [0.25, 0.3) is 0 Å². The van der Waals surface area contributed by atoms with Crippen LogP contribution < -0.4 is 9.47 Å². The number of aliphatic hydroxyl groups excluding tert-OH is 4. The van der Waals surface area contributed by atoms with E-state index < -0.39 is 43.1 Å². The molecular weight excluding hydrogens is 412 g/mol. The molecule has 2 aromatic rings. The van der Waals surface area contributed by atoms with Crippen LogP contribution in [-0.2, 0) is 17.6 Å². The van der Waals surface area contributed by atoms with E-state index in [4.69, 9.17) is 14.2 Å². The summed E-state index contributed by atoms with van der Waals surface area (Å²) in [6.45, 7) is -0.626. The number of aromatic hydroxyl groups is 2. The van der Waals surface area contributed by atoms with Crippen LogP contribution in [0.5, 0.6) is 23.0 Å². The van der Waals surface area contributed by atoms with Crippen molar-refractivity contribution in [3.05, 3.63) is 47.5 Å². The van der Waals surface area contributed by atoms with Crippen LogP contribution in [-0.4, -0.2) is 78.8 Å². The lowest BCUT2D eigenvalue weighted by molar-refractivity contribution is -0.277. The van der Waals surface area contributed by atoms with Crippen molar-refractivity contribution in [3.63, 3.8) is 0 Å². The number of hydrogen-bond donors (Lipinski definition) is 7. The summed E-state index contributed by atoms with van der Waals surface area (Å²) in [6, 6.07) is 9.00. The van der Waals surface area contributed by atoms with Crippen LogP contribution in [0.15, 0.2) is 36.4 Å². The number of aliphatic hydroxyl groups is 5. The molecule has 0 spiro atoms. The lowest BCUT2D eigenvalue weighted by Crippen LogP contribution is -2.60. The van der Waals surface area contributed by atoms with Crippen molar-refractivity contribution < 1.29 is 50.0 Å². The lowest BCUT2D eigenvalue weighted by atomic mass is 9.98. The summed E-state index contributed by atoms with van der Waals surface area (Å²) < 4.78 is 16.7. The Morgan fingerprint density at radius 1 is 0.968 bits per heavy atom. The van der Waals surface area contributed by atoms with Crippen molar-refractivity contribution in [3.8, 4) is 23.0 Å². The van der Waals surface area contributed by atoms with Crippen molar-refractivity contribution in [1.29, 1.82) is 0 Å². The fourth-order valence-electron chi connectivity index (χ4n) is 3.82. The fourth-order valence-corrected chi connectivity index (χ4v) is 3.82. The number of fused-ring (bicyclic) bond motifs is 1. The van der Waals surface area contributed by atoms with Gasteiger partial charge in [-0.15, -0.1) is 0 Å². The predicted molar refractivity (Wildman–Crippen MR) is 104 cm³/mol. The Labute approximate surface area is 177 Å². The molecule has 1 unspecified atom stereocenters. The molecule has 4 rings (SSSR count). The van der Waals surface area contributed by atoms with Gasteiger partial charge in [0.15, 0.2) is 11.5 Å². The molecule has 2 aromatic carbocycles. The third-order valence-electron chi connectivity index (χ3n) is 5.45. The van der Waals surface area contributed by atoms with Gasteiger partial charge in [0, 0.05) is 18.4 Å². The highest BCUT2D eigenvalue weighted by molar-refractivity contribution is 5.56. The van der Waals surface area contributed by atoms with E-state index >= 15 is 0 Å². The first-order valence-corrected chi connectivity index (χ1v) is 9.72. The minimum atomic E-state index is -1.66. The van der Waals surface area contributed by atoms with Gasteiger partial charge < -0.3 is 50.0 Å². The highest BCUT2D eigenvalue weighted by Crippen LogP contribution is 2.46. The maximum atomic E-state index is 11.0. The maximum absolute atomic E-state index is 11.0. The van der Waals surface area contributed by atoms with Crippen LogP contribution in [0.25, 0.3) is 0 Å². The van der Waals surface area contributed by atoms with E-state index in [-0.39, 0.29) is 35.8 Å². The second-order valence-corrected chi connectivity index (χ2v) is 7.77. The Balaban J connectivity index is 1.57. The van der Waals surface area contributed by atoms with Crippen LogP contribution in [0.3, 0.4) is 0 Å². The number of phenols is 2. The van der Waals surface area contributed by atoms with Crippen molar-refractivity contribution >= 4 is 0 Å². The minimum Gasteiger partial charge on any atom is -0.508 e. The molecule has 10 nitrogen and oxygen atoms in total. The Bertz CT molecular complexity index is 931. The first-order valence-electron chi connectivity index (χ1n) is 9.72. The molecule has 0 amide bonds. The summed E-state index contributed by atoms with van der Waals surface area (Å²) in [7, 11) is 0. The number of phenolic OH excluding ortho intramolecular Hbond substituents is 2. The Morgan fingerprint density at radius 3 is 2.35 bits per heavy atom. The summed E-state index contributed by atoms with van der Waals surface area (Å²) >= 11 is 0. The minimum absolute atomic E-state index is 0.0651. The molecule has 6 atom stereocenters. The second-order valence-electron chi connectivity index (χ2n) is 7.77. The molecule has 2 heterocycles. The number of hydrogen-bond acceptors (Lipinski definition) is 10. The van der Waals surface area contributed by atoms with Crippen LogP contribution in [0.4, 0.5) is 0 Å². The van der Waals surface area contributed by atoms with Gasteiger partial charge in [-0.25, -0.2) is 0 Å². The Hall–Kier alpha value is -2.60. The molecule has 2 aliphatic heterocycles. The zero-order chi connectivity index (χ0) is 22.3. The van der Waals surface area contributed by atoms with Crippen LogP contribution in [0.2, 0.25) is 0 Å². The average Bonchev–Trinajstić information content (AvgIpc) is 3.08. The molecule has 2 aliphatic rings. The van der Waals surface area contributed by atoms with Gasteiger partial charge in [-0.3, -0.25) is 0 Å². The zero-order valence-corrected chi connectivity index (χ0v) is 16.3. The lowest BCUT2D eigenvalue weighted by Gasteiger charge is -2.39. The molecule has 0 aromatic heterocycles. The fraction of sp³-hybridized carbons (Fsp3) is 0.429. The molecule has 10 heteroatoms. The van der Waals surface area contributed by atoms with Crippen molar-refractivity contribution in [2.75, 3.05) is 6.61 Å². The van der Waals surface area contributed by atoms with Crippen molar-refractivity contribution in [2.45, 2.75) is 49.3 Å². The van der Waals surface area contributed by atoms with E-state index in [0.717, 1.165) is 0 Å². The summed E-state index contributed by atoms with van der Waals surface area (Å²) in [5, 5.41) is 70.1. The second kappa shape index (κ2) is 8.15. The molecule has 31 heavy (non-hydrogen) atoms. The Kier molecular flexibility index (Phi) is 5.69. The maximum Gasteiger partial charge on any atom is 0.229 e. The summed E-state index contributed by atoms with van der Waals surface area (Å²) in [6.07, 6.45) is -7.51.